The first kappa shape index (κ1) is 20.5. The van der Waals surface area contributed by atoms with Crippen molar-refractivity contribution in [3.05, 3.63) is 28.7 Å². The van der Waals surface area contributed by atoms with Crippen LogP contribution in [0.3, 0.4) is 0 Å². The molecule has 1 amide bonds. The third kappa shape index (κ3) is 5.50. The molecule has 0 bridgehead atoms. The molecule has 0 radical (unpaired) electrons. The van der Waals surface area contributed by atoms with Crippen LogP contribution in [0.2, 0.25) is 0 Å². The highest BCUT2D eigenvalue weighted by Gasteiger charge is 2.28. The second kappa shape index (κ2) is 9.69. The van der Waals surface area contributed by atoms with Crippen LogP contribution < -0.4 is 15.5 Å². The summed E-state index contributed by atoms with van der Waals surface area (Å²) in [5.74, 6) is 0.0531. The van der Waals surface area contributed by atoms with E-state index in [1.807, 2.05) is 12.1 Å². The highest BCUT2D eigenvalue weighted by Crippen LogP contribution is 2.22. The molecule has 0 spiro atoms. The van der Waals surface area contributed by atoms with Gasteiger partial charge in [-0.1, -0.05) is 15.9 Å². The van der Waals surface area contributed by atoms with E-state index in [2.05, 4.69) is 43.6 Å². The zero-order chi connectivity index (χ0) is 14.7. The van der Waals surface area contributed by atoms with E-state index in [4.69, 9.17) is 4.74 Å². The summed E-state index contributed by atoms with van der Waals surface area (Å²) in [6, 6.07) is 8.30. The zero-order valence-corrected chi connectivity index (χ0v) is 15.9. The van der Waals surface area contributed by atoms with E-state index in [9.17, 15) is 4.79 Å². The number of rotatable bonds is 3. The van der Waals surface area contributed by atoms with Gasteiger partial charge in [0.15, 0.2) is 0 Å². The van der Waals surface area contributed by atoms with Gasteiger partial charge >= 0.3 is 0 Å². The first-order valence-corrected chi connectivity index (χ1v) is 8.14. The number of halogens is 3. The van der Waals surface area contributed by atoms with Crippen molar-refractivity contribution in [3.8, 4) is 0 Å². The third-order valence-corrected chi connectivity index (χ3v) is 4.49. The number of morpholine rings is 1. The molecule has 5 nitrogen and oxygen atoms in total. The van der Waals surface area contributed by atoms with Crippen molar-refractivity contribution in [2.45, 2.75) is 18.5 Å². The minimum absolute atomic E-state index is 0. The molecule has 0 saturated carbocycles. The van der Waals surface area contributed by atoms with Crippen LogP contribution in [-0.4, -0.2) is 50.8 Å². The maximum Gasteiger partial charge on any atom is 0.239 e. The molecule has 2 aliphatic heterocycles. The first-order valence-electron chi connectivity index (χ1n) is 7.34. The Morgan fingerprint density at radius 2 is 2.04 bits per heavy atom. The van der Waals surface area contributed by atoms with Gasteiger partial charge in [0.05, 0.1) is 13.2 Å². The van der Waals surface area contributed by atoms with Gasteiger partial charge in [-0.2, -0.15) is 0 Å². The quantitative estimate of drug-likeness (QED) is 0.775. The molecular formula is C15H22BrCl2N3O2. The van der Waals surface area contributed by atoms with Crippen LogP contribution in [0.25, 0.3) is 0 Å². The van der Waals surface area contributed by atoms with E-state index < -0.39 is 0 Å². The molecule has 130 valence electrons. The summed E-state index contributed by atoms with van der Waals surface area (Å²) in [5, 5.41) is 6.31. The van der Waals surface area contributed by atoms with Gasteiger partial charge in [-0.05, 0) is 30.7 Å². The second-order valence-corrected chi connectivity index (χ2v) is 6.41. The maximum atomic E-state index is 12.2. The topological polar surface area (TPSA) is 53.6 Å². The third-order valence-electron chi connectivity index (χ3n) is 3.96. The number of hydrogen-bond acceptors (Lipinski definition) is 4. The lowest BCUT2D eigenvalue weighted by Crippen LogP contribution is -2.53. The Balaban J connectivity index is 0.00000132. The van der Waals surface area contributed by atoms with Crippen molar-refractivity contribution in [1.82, 2.24) is 10.6 Å². The van der Waals surface area contributed by atoms with Gasteiger partial charge in [-0.3, -0.25) is 4.79 Å². The molecule has 1 aromatic carbocycles. The Morgan fingerprint density at radius 1 is 1.30 bits per heavy atom. The van der Waals surface area contributed by atoms with E-state index in [-0.39, 0.29) is 42.8 Å². The summed E-state index contributed by atoms with van der Waals surface area (Å²) in [6.45, 7) is 3.73. The fourth-order valence-electron chi connectivity index (χ4n) is 2.80. The molecule has 2 heterocycles. The largest absolute Gasteiger partial charge is 0.378 e. The number of amides is 1. The van der Waals surface area contributed by atoms with Crippen molar-refractivity contribution in [1.29, 1.82) is 0 Å². The minimum atomic E-state index is -0.208. The molecule has 2 saturated heterocycles. The monoisotopic (exact) mass is 425 g/mol. The lowest BCUT2D eigenvalue weighted by molar-refractivity contribution is -0.126. The van der Waals surface area contributed by atoms with E-state index in [1.165, 1.54) is 5.69 Å². The number of hydrogen-bond donors (Lipinski definition) is 2. The highest BCUT2D eigenvalue weighted by atomic mass is 79.9. The van der Waals surface area contributed by atoms with Crippen LogP contribution in [0.4, 0.5) is 5.69 Å². The molecular weight excluding hydrogens is 405 g/mol. The van der Waals surface area contributed by atoms with Crippen LogP contribution >= 0.6 is 40.7 Å². The molecule has 2 fully saturated rings. The average molecular weight is 427 g/mol. The molecule has 2 aliphatic rings. The number of benzene rings is 1. The predicted octanol–water partition coefficient (Wildman–Crippen LogP) is 1.98. The van der Waals surface area contributed by atoms with Gasteiger partial charge in [0, 0.05) is 35.8 Å². The smallest absolute Gasteiger partial charge is 0.239 e. The van der Waals surface area contributed by atoms with Gasteiger partial charge in [0.1, 0.15) is 6.04 Å². The molecule has 2 N–H and O–H groups in total. The van der Waals surface area contributed by atoms with Crippen molar-refractivity contribution in [3.63, 3.8) is 0 Å². The van der Waals surface area contributed by atoms with E-state index >= 15 is 0 Å². The average Bonchev–Trinajstić information content (AvgIpc) is 2.97. The fraction of sp³-hybridized carbons (Fsp3) is 0.533. The highest BCUT2D eigenvalue weighted by molar-refractivity contribution is 9.10. The molecule has 2 atom stereocenters. The fourth-order valence-corrected chi connectivity index (χ4v) is 3.06. The summed E-state index contributed by atoms with van der Waals surface area (Å²) in [5.41, 5.74) is 1.20. The molecule has 1 aromatic rings. The van der Waals surface area contributed by atoms with Crippen LogP contribution in [0.5, 0.6) is 0 Å². The standard InChI is InChI=1S/C15H20BrN3O2.2ClH/c16-11-1-3-13(4-2-11)19-7-5-12(9-19)18-15(20)14-10-21-8-6-17-14;;/h1-4,12,14,17H,5-10H2,(H,18,20);2*1H. The summed E-state index contributed by atoms with van der Waals surface area (Å²) in [7, 11) is 0. The number of carbonyl (C=O) groups is 1. The summed E-state index contributed by atoms with van der Waals surface area (Å²) in [4.78, 5) is 14.5. The molecule has 0 aliphatic carbocycles. The Bertz CT molecular complexity index is 498. The molecule has 8 heteroatoms. The van der Waals surface area contributed by atoms with Crippen LogP contribution in [0, 0.1) is 0 Å². The maximum absolute atomic E-state index is 12.2. The van der Waals surface area contributed by atoms with E-state index in [0.29, 0.717) is 13.2 Å². The van der Waals surface area contributed by atoms with Crippen molar-refractivity contribution in [2.75, 3.05) is 37.7 Å². The number of anilines is 1. The lowest BCUT2D eigenvalue weighted by Gasteiger charge is -2.25. The SMILES string of the molecule is Cl.Cl.O=C(NC1CCN(c2ccc(Br)cc2)C1)C1COCCN1. The van der Waals surface area contributed by atoms with Crippen molar-refractivity contribution >= 4 is 52.3 Å². The van der Waals surface area contributed by atoms with E-state index in [1.54, 1.807) is 0 Å². The first-order chi connectivity index (χ1) is 10.2. The Hall–Kier alpha value is -0.530. The second-order valence-electron chi connectivity index (χ2n) is 5.50. The summed E-state index contributed by atoms with van der Waals surface area (Å²) < 4.78 is 6.41. The minimum Gasteiger partial charge on any atom is -0.378 e. The van der Waals surface area contributed by atoms with Crippen LogP contribution in [0.15, 0.2) is 28.7 Å². The molecule has 0 aromatic heterocycles. The van der Waals surface area contributed by atoms with Crippen LogP contribution in [0.1, 0.15) is 6.42 Å². The number of ether oxygens (including phenoxy) is 1. The molecule has 2 unspecified atom stereocenters. The normalized spacial score (nSPS) is 23.6. The Morgan fingerprint density at radius 3 is 2.70 bits per heavy atom. The molecule has 23 heavy (non-hydrogen) atoms. The number of nitrogens with zero attached hydrogens (tertiary/aromatic N) is 1. The Labute approximate surface area is 157 Å². The van der Waals surface area contributed by atoms with Gasteiger partial charge in [0.25, 0.3) is 0 Å². The van der Waals surface area contributed by atoms with E-state index in [0.717, 1.165) is 30.5 Å². The van der Waals surface area contributed by atoms with Gasteiger partial charge in [-0.15, -0.1) is 24.8 Å². The van der Waals surface area contributed by atoms with Crippen molar-refractivity contribution < 1.29 is 9.53 Å². The predicted molar refractivity (Wildman–Crippen MR) is 100 cm³/mol. The van der Waals surface area contributed by atoms with Crippen molar-refractivity contribution in [2.24, 2.45) is 0 Å². The summed E-state index contributed by atoms with van der Waals surface area (Å²) in [6.07, 6.45) is 0.982. The zero-order valence-electron chi connectivity index (χ0n) is 12.7. The molecule has 3 rings (SSSR count). The Kier molecular flexibility index (Phi) is 8.64. The number of nitrogens with one attached hydrogen (secondary N) is 2. The number of carbonyl (C=O) groups excluding carboxylic acids is 1. The van der Waals surface area contributed by atoms with Gasteiger partial charge < -0.3 is 20.3 Å². The lowest BCUT2D eigenvalue weighted by atomic mass is 10.2. The van der Waals surface area contributed by atoms with Gasteiger partial charge in [-0.25, -0.2) is 0 Å². The summed E-state index contributed by atoms with van der Waals surface area (Å²) >= 11 is 3.45. The van der Waals surface area contributed by atoms with Gasteiger partial charge in [0.2, 0.25) is 5.91 Å². The van der Waals surface area contributed by atoms with Crippen LogP contribution in [-0.2, 0) is 9.53 Å².